The van der Waals surface area contributed by atoms with Crippen LogP contribution >= 0.6 is 11.3 Å². The number of carboxylic acid groups (broad SMARTS) is 1. The van der Waals surface area contributed by atoms with Crippen LogP contribution in [0.3, 0.4) is 0 Å². The Kier molecular flexibility index (Phi) is 3.33. The number of aliphatic carboxylic acids is 1. The Hall–Kier alpha value is -0.830. The first-order valence-corrected chi connectivity index (χ1v) is 6.80. The number of rotatable bonds is 4. The highest BCUT2D eigenvalue weighted by atomic mass is 32.1. The van der Waals surface area contributed by atoms with Crippen LogP contribution in [0.2, 0.25) is 0 Å². The van der Waals surface area contributed by atoms with E-state index in [1.54, 1.807) is 11.3 Å². The van der Waals surface area contributed by atoms with E-state index in [-0.39, 0.29) is 0 Å². The van der Waals surface area contributed by atoms with Crippen molar-refractivity contribution >= 4 is 17.3 Å². The Balaban J connectivity index is 2.14. The lowest BCUT2D eigenvalue weighted by atomic mass is 9.81. The van der Waals surface area contributed by atoms with Crippen LogP contribution in [0.15, 0.2) is 17.5 Å². The third-order valence-corrected chi connectivity index (χ3v) is 4.71. The molecule has 0 radical (unpaired) electrons. The van der Waals surface area contributed by atoms with Crippen LogP contribution in [-0.4, -0.2) is 11.1 Å². The highest BCUT2D eigenvalue weighted by Crippen LogP contribution is 2.46. The molecule has 3 heteroatoms. The standard InChI is InChI=1S/C13H18O2S/c1-2-10-5-6-13(8-10,12(14)15)9-11-4-3-7-16-11/h3-4,7,10H,2,5-6,8-9H2,1H3,(H,14,15). The molecule has 16 heavy (non-hydrogen) atoms. The van der Waals surface area contributed by atoms with E-state index in [0.29, 0.717) is 5.92 Å². The predicted octanol–water partition coefficient (Wildman–Crippen LogP) is 3.57. The molecule has 1 aliphatic rings. The molecule has 0 aliphatic heterocycles. The first-order valence-electron chi connectivity index (χ1n) is 5.92. The molecule has 0 aromatic carbocycles. The van der Waals surface area contributed by atoms with Gasteiger partial charge in [0.05, 0.1) is 5.41 Å². The van der Waals surface area contributed by atoms with Gasteiger partial charge in [0.15, 0.2) is 0 Å². The lowest BCUT2D eigenvalue weighted by Crippen LogP contribution is -2.30. The van der Waals surface area contributed by atoms with Crippen LogP contribution in [0.25, 0.3) is 0 Å². The number of thiophene rings is 1. The van der Waals surface area contributed by atoms with E-state index in [4.69, 9.17) is 0 Å². The molecule has 1 heterocycles. The number of carbonyl (C=O) groups is 1. The highest BCUT2D eigenvalue weighted by molar-refractivity contribution is 7.09. The van der Waals surface area contributed by atoms with Gasteiger partial charge in [-0.1, -0.05) is 19.4 Å². The van der Waals surface area contributed by atoms with Gasteiger partial charge in [-0.25, -0.2) is 0 Å². The average molecular weight is 238 g/mol. The maximum atomic E-state index is 11.5. The molecular formula is C13H18O2S. The van der Waals surface area contributed by atoms with Gasteiger partial charge >= 0.3 is 5.97 Å². The summed E-state index contributed by atoms with van der Waals surface area (Å²) in [6.07, 6.45) is 4.61. The molecule has 2 atom stereocenters. The van der Waals surface area contributed by atoms with Gasteiger partial charge in [-0.15, -0.1) is 11.3 Å². The van der Waals surface area contributed by atoms with Gasteiger partial charge in [0.2, 0.25) is 0 Å². The van der Waals surface area contributed by atoms with Gasteiger partial charge in [0.25, 0.3) is 0 Å². The second-order valence-electron chi connectivity index (χ2n) is 4.86. The Morgan fingerprint density at radius 2 is 2.50 bits per heavy atom. The predicted molar refractivity (Wildman–Crippen MR) is 65.7 cm³/mol. The van der Waals surface area contributed by atoms with Gasteiger partial charge in [-0.3, -0.25) is 4.79 Å². The van der Waals surface area contributed by atoms with Crippen molar-refractivity contribution in [3.63, 3.8) is 0 Å². The summed E-state index contributed by atoms with van der Waals surface area (Å²) in [7, 11) is 0. The molecule has 1 N–H and O–H groups in total. The van der Waals surface area contributed by atoms with Crippen molar-refractivity contribution in [2.45, 2.75) is 39.0 Å². The molecular weight excluding hydrogens is 220 g/mol. The largest absolute Gasteiger partial charge is 0.481 e. The zero-order valence-corrected chi connectivity index (χ0v) is 10.4. The normalized spacial score (nSPS) is 29.4. The molecule has 1 saturated carbocycles. The zero-order chi connectivity index (χ0) is 11.6. The first-order chi connectivity index (χ1) is 7.66. The maximum Gasteiger partial charge on any atom is 0.310 e. The lowest BCUT2D eigenvalue weighted by molar-refractivity contribution is -0.148. The molecule has 0 bridgehead atoms. The summed E-state index contributed by atoms with van der Waals surface area (Å²) in [5.74, 6) is 0.00733. The van der Waals surface area contributed by atoms with Crippen LogP contribution in [0.5, 0.6) is 0 Å². The molecule has 2 nitrogen and oxygen atoms in total. The average Bonchev–Trinajstić information content (AvgIpc) is 2.88. The smallest absolute Gasteiger partial charge is 0.310 e. The number of carboxylic acids is 1. The molecule has 0 spiro atoms. The molecule has 0 amide bonds. The minimum atomic E-state index is -0.600. The summed E-state index contributed by atoms with van der Waals surface area (Å²) in [6.45, 7) is 2.16. The third-order valence-electron chi connectivity index (χ3n) is 3.83. The topological polar surface area (TPSA) is 37.3 Å². The van der Waals surface area contributed by atoms with E-state index in [1.165, 1.54) is 4.88 Å². The summed E-state index contributed by atoms with van der Waals surface area (Å²) in [4.78, 5) is 12.7. The number of hydrogen-bond acceptors (Lipinski definition) is 2. The van der Waals surface area contributed by atoms with Crippen LogP contribution in [0.4, 0.5) is 0 Å². The van der Waals surface area contributed by atoms with Crippen LogP contribution in [-0.2, 0) is 11.2 Å². The van der Waals surface area contributed by atoms with Crippen molar-refractivity contribution in [3.05, 3.63) is 22.4 Å². The molecule has 1 aromatic rings. The second-order valence-corrected chi connectivity index (χ2v) is 5.89. The molecule has 2 rings (SSSR count). The van der Waals surface area contributed by atoms with E-state index >= 15 is 0 Å². The summed E-state index contributed by atoms with van der Waals surface area (Å²) in [5, 5.41) is 11.5. The zero-order valence-electron chi connectivity index (χ0n) is 9.61. The summed E-state index contributed by atoms with van der Waals surface area (Å²) >= 11 is 1.67. The monoisotopic (exact) mass is 238 g/mol. The summed E-state index contributed by atoms with van der Waals surface area (Å²) < 4.78 is 0. The van der Waals surface area contributed by atoms with E-state index in [9.17, 15) is 9.90 Å². The van der Waals surface area contributed by atoms with Gasteiger partial charge in [-0.05, 0) is 43.0 Å². The first kappa shape index (κ1) is 11.6. The van der Waals surface area contributed by atoms with Crippen molar-refractivity contribution in [2.75, 3.05) is 0 Å². The number of hydrogen-bond donors (Lipinski definition) is 1. The van der Waals surface area contributed by atoms with Crippen molar-refractivity contribution in [1.29, 1.82) is 0 Å². The lowest BCUT2D eigenvalue weighted by Gasteiger charge is -2.23. The third kappa shape index (κ3) is 2.14. The molecule has 88 valence electrons. The van der Waals surface area contributed by atoms with Crippen molar-refractivity contribution in [1.82, 2.24) is 0 Å². The Morgan fingerprint density at radius 3 is 3.00 bits per heavy atom. The Bertz CT molecular complexity index is 358. The fourth-order valence-electron chi connectivity index (χ4n) is 2.76. The van der Waals surface area contributed by atoms with Crippen molar-refractivity contribution in [3.8, 4) is 0 Å². The van der Waals surface area contributed by atoms with E-state index in [1.807, 2.05) is 11.4 Å². The van der Waals surface area contributed by atoms with Gasteiger partial charge in [-0.2, -0.15) is 0 Å². The van der Waals surface area contributed by atoms with E-state index in [0.717, 1.165) is 32.1 Å². The summed E-state index contributed by atoms with van der Waals surface area (Å²) in [5.41, 5.74) is -0.481. The van der Waals surface area contributed by atoms with Crippen LogP contribution in [0.1, 0.15) is 37.5 Å². The van der Waals surface area contributed by atoms with E-state index in [2.05, 4.69) is 13.0 Å². The molecule has 1 aliphatic carbocycles. The molecule has 1 fully saturated rings. The minimum absolute atomic E-state index is 0.481. The van der Waals surface area contributed by atoms with Gasteiger partial charge in [0, 0.05) is 4.88 Å². The Morgan fingerprint density at radius 1 is 1.69 bits per heavy atom. The maximum absolute atomic E-state index is 11.5. The second kappa shape index (κ2) is 4.58. The Labute approximate surface area is 100 Å². The van der Waals surface area contributed by atoms with Gasteiger partial charge < -0.3 is 5.11 Å². The molecule has 1 aromatic heterocycles. The van der Waals surface area contributed by atoms with Crippen LogP contribution < -0.4 is 0 Å². The summed E-state index contributed by atoms with van der Waals surface area (Å²) in [6, 6.07) is 4.05. The SMILES string of the molecule is CCC1CCC(Cc2cccs2)(C(=O)O)C1. The molecule has 2 unspecified atom stereocenters. The molecule has 0 saturated heterocycles. The quantitative estimate of drug-likeness (QED) is 0.870. The minimum Gasteiger partial charge on any atom is -0.481 e. The fraction of sp³-hybridized carbons (Fsp3) is 0.615. The van der Waals surface area contributed by atoms with Crippen LogP contribution in [0, 0.1) is 11.3 Å². The highest BCUT2D eigenvalue weighted by Gasteiger charge is 2.44. The van der Waals surface area contributed by atoms with Crippen molar-refractivity contribution in [2.24, 2.45) is 11.3 Å². The van der Waals surface area contributed by atoms with E-state index < -0.39 is 11.4 Å². The van der Waals surface area contributed by atoms with Crippen molar-refractivity contribution < 1.29 is 9.90 Å². The fourth-order valence-corrected chi connectivity index (χ4v) is 3.61. The van der Waals surface area contributed by atoms with Gasteiger partial charge in [0.1, 0.15) is 0 Å².